The van der Waals surface area contributed by atoms with E-state index in [1.807, 2.05) is 0 Å². The fourth-order valence-corrected chi connectivity index (χ4v) is 1.58. The number of nitrogens with one attached hydrogen (secondary N) is 1. The maximum Gasteiger partial charge on any atom is 0.250 e. The highest BCUT2D eigenvalue weighted by atomic mass is 16.2. The zero-order valence-corrected chi connectivity index (χ0v) is 8.69. The molecule has 1 saturated carbocycles. The second-order valence-electron chi connectivity index (χ2n) is 3.98. The normalized spacial score (nSPS) is 15.8. The molecule has 4 heteroatoms. The van der Waals surface area contributed by atoms with Crippen molar-refractivity contribution in [3.63, 3.8) is 0 Å². The molecule has 4 nitrogen and oxygen atoms in total. The van der Waals surface area contributed by atoms with Gasteiger partial charge in [-0.3, -0.25) is 9.59 Å². The standard InChI is InChI=1S/C11H14N2O2/c1-13-7-9(5-6-10(13)14)12-11(15)8-3-2-4-8/h5-8H,2-4H2,1H3,(H,12,15). The van der Waals surface area contributed by atoms with E-state index >= 15 is 0 Å². The number of amides is 1. The molecule has 1 amide bonds. The van der Waals surface area contributed by atoms with Crippen molar-refractivity contribution in [3.8, 4) is 0 Å². The minimum absolute atomic E-state index is 0.0694. The predicted octanol–water partition coefficient (Wildman–Crippen LogP) is 1.12. The number of hydrogen-bond acceptors (Lipinski definition) is 2. The van der Waals surface area contributed by atoms with Gasteiger partial charge in [0.15, 0.2) is 0 Å². The lowest BCUT2D eigenvalue weighted by atomic mass is 9.85. The van der Waals surface area contributed by atoms with Crippen LogP contribution in [0.25, 0.3) is 0 Å². The number of pyridine rings is 1. The van der Waals surface area contributed by atoms with Gasteiger partial charge in [-0.05, 0) is 18.9 Å². The summed E-state index contributed by atoms with van der Waals surface area (Å²) in [5.74, 6) is 0.238. The van der Waals surface area contributed by atoms with E-state index in [1.165, 1.54) is 10.6 Å². The van der Waals surface area contributed by atoms with Crippen LogP contribution in [0.1, 0.15) is 19.3 Å². The van der Waals surface area contributed by atoms with Crippen molar-refractivity contribution in [1.82, 2.24) is 4.57 Å². The zero-order chi connectivity index (χ0) is 10.8. The van der Waals surface area contributed by atoms with Crippen LogP contribution in [0.3, 0.4) is 0 Å². The number of nitrogens with zero attached hydrogens (tertiary/aromatic N) is 1. The van der Waals surface area contributed by atoms with Crippen LogP contribution in [-0.4, -0.2) is 10.5 Å². The maximum atomic E-state index is 11.6. The Bertz CT molecular complexity index is 432. The van der Waals surface area contributed by atoms with Gasteiger partial charge in [-0.1, -0.05) is 6.42 Å². The molecule has 0 spiro atoms. The molecule has 1 aromatic heterocycles. The number of anilines is 1. The van der Waals surface area contributed by atoms with Gasteiger partial charge < -0.3 is 9.88 Å². The highest BCUT2D eigenvalue weighted by molar-refractivity contribution is 5.92. The molecule has 15 heavy (non-hydrogen) atoms. The van der Waals surface area contributed by atoms with E-state index in [-0.39, 0.29) is 17.4 Å². The summed E-state index contributed by atoms with van der Waals surface area (Å²) in [6.07, 6.45) is 4.75. The molecule has 1 fully saturated rings. The summed E-state index contributed by atoms with van der Waals surface area (Å²) >= 11 is 0. The molecular formula is C11H14N2O2. The van der Waals surface area contributed by atoms with Crippen LogP contribution >= 0.6 is 0 Å². The molecule has 0 atom stereocenters. The topological polar surface area (TPSA) is 51.1 Å². The number of hydrogen-bond donors (Lipinski definition) is 1. The van der Waals surface area contributed by atoms with E-state index < -0.39 is 0 Å². The Morgan fingerprint density at radius 1 is 1.47 bits per heavy atom. The molecule has 1 aromatic rings. The largest absolute Gasteiger partial charge is 0.325 e. The van der Waals surface area contributed by atoms with Gasteiger partial charge in [0.25, 0.3) is 0 Å². The van der Waals surface area contributed by atoms with Crippen molar-refractivity contribution in [3.05, 3.63) is 28.7 Å². The maximum absolute atomic E-state index is 11.6. The Balaban J connectivity index is 2.07. The molecule has 0 aromatic carbocycles. The van der Waals surface area contributed by atoms with Crippen LogP contribution in [0.2, 0.25) is 0 Å². The molecule has 2 rings (SSSR count). The quantitative estimate of drug-likeness (QED) is 0.788. The molecule has 80 valence electrons. The Morgan fingerprint density at radius 2 is 2.20 bits per heavy atom. The van der Waals surface area contributed by atoms with Crippen LogP contribution in [0.15, 0.2) is 23.1 Å². The third kappa shape index (κ3) is 2.09. The summed E-state index contributed by atoms with van der Waals surface area (Å²) < 4.78 is 1.45. The van der Waals surface area contributed by atoms with E-state index in [2.05, 4.69) is 5.32 Å². The second-order valence-corrected chi connectivity index (χ2v) is 3.98. The van der Waals surface area contributed by atoms with Crippen LogP contribution in [0.5, 0.6) is 0 Å². The first-order valence-electron chi connectivity index (χ1n) is 5.14. The van der Waals surface area contributed by atoms with Gasteiger partial charge in [-0.25, -0.2) is 0 Å². The molecule has 0 radical (unpaired) electrons. The monoisotopic (exact) mass is 206 g/mol. The average molecular weight is 206 g/mol. The zero-order valence-electron chi connectivity index (χ0n) is 8.69. The van der Waals surface area contributed by atoms with Crippen LogP contribution in [0.4, 0.5) is 5.69 Å². The molecule has 0 saturated heterocycles. The van der Waals surface area contributed by atoms with Crippen LogP contribution < -0.4 is 10.9 Å². The lowest BCUT2D eigenvalue weighted by molar-refractivity contribution is -0.122. The SMILES string of the molecule is Cn1cc(NC(=O)C2CCC2)ccc1=O. The third-order valence-electron chi connectivity index (χ3n) is 2.83. The molecule has 0 bridgehead atoms. The Morgan fingerprint density at radius 3 is 2.73 bits per heavy atom. The first-order chi connectivity index (χ1) is 7.16. The summed E-state index contributed by atoms with van der Waals surface area (Å²) in [5.41, 5.74) is 0.616. The number of aromatic nitrogens is 1. The van der Waals surface area contributed by atoms with E-state index in [1.54, 1.807) is 19.3 Å². The molecule has 1 aliphatic rings. The van der Waals surface area contributed by atoms with Gasteiger partial charge in [0.1, 0.15) is 0 Å². The molecule has 1 heterocycles. The minimum Gasteiger partial charge on any atom is -0.325 e. The van der Waals surface area contributed by atoms with Crippen molar-refractivity contribution < 1.29 is 4.79 Å². The third-order valence-corrected chi connectivity index (χ3v) is 2.83. The van der Waals surface area contributed by atoms with E-state index in [9.17, 15) is 9.59 Å². The Labute approximate surface area is 87.9 Å². The van der Waals surface area contributed by atoms with Crippen molar-refractivity contribution in [2.75, 3.05) is 5.32 Å². The number of carbonyl (C=O) groups is 1. The van der Waals surface area contributed by atoms with Gasteiger partial charge in [-0.15, -0.1) is 0 Å². The van der Waals surface area contributed by atoms with Crippen molar-refractivity contribution >= 4 is 11.6 Å². The second kappa shape index (κ2) is 3.88. The summed E-state index contributed by atoms with van der Waals surface area (Å²) in [4.78, 5) is 22.7. The van der Waals surface area contributed by atoms with Crippen LogP contribution in [-0.2, 0) is 11.8 Å². The summed E-state index contributed by atoms with van der Waals surface area (Å²) in [6.45, 7) is 0. The summed E-state index contributed by atoms with van der Waals surface area (Å²) in [5, 5.41) is 2.81. The fraction of sp³-hybridized carbons (Fsp3) is 0.455. The molecule has 1 N–H and O–H groups in total. The lowest BCUT2D eigenvalue weighted by Crippen LogP contribution is -2.28. The van der Waals surface area contributed by atoms with Crippen molar-refractivity contribution in [2.45, 2.75) is 19.3 Å². The first kappa shape index (κ1) is 9.96. The predicted molar refractivity (Wildman–Crippen MR) is 57.7 cm³/mol. The molecule has 0 aliphatic heterocycles. The minimum atomic E-state index is -0.0726. The Kier molecular flexibility index (Phi) is 2.58. The summed E-state index contributed by atoms with van der Waals surface area (Å²) in [7, 11) is 1.67. The fourth-order valence-electron chi connectivity index (χ4n) is 1.58. The molecule has 0 unspecified atom stereocenters. The first-order valence-corrected chi connectivity index (χ1v) is 5.14. The van der Waals surface area contributed by atoms with E-state index in [0.29, 0.717) is 5.69 Å². The van der Waals surface area contributed by atoms with E-state index in [4.69, 9.17) is 0 Å². The number of carbonyl (C=O) groups excluding carboxylic acids is 1. The number of aryl methyl sites for hydroxylation is 1. The smallest absolute Gasteiger partial charge is 0.250 e. The summed E-state index contributed by atoms with van der Waals surface area (Å²) in [6, 6.07) is 3.09. The van der Waals surface area contributed by atoms with Gasteiger partial charge in [-0.2, -0.15) is 0 Å². The molecule has 1 aliphatic carbocycles. The molecular weight excluding hydrogens is 192 g/mol. The van der Waals surface area contributed by atoms with Gasteiger partial charge >= 0.3 is 0 Å². The van der Waals surface area contributed by atoms with Crippen molar-refractivity contribution in [2.24, 2.45) is 13.0 Å². The average Bonchev–Trinajstić information content (AvgIpc) is 2.08. The van der Waals surface area contributed by atoms with Crippen molar-refractivity contribution in [1.29, 1.82) is 0 Å². The Hall–Kier alpha value is -1.58. The van der Waals surface area contributed by atoms with Gasteiger partial charge in [0.05, 0.1) is 5.69 Å². The van der Waals surface area contributed by atoms with Gasteiger partial charge in [0.2, 0.25) is 11.5 Å². The lowest BCUT2D eigenvalue weighted by Gasteiger charge is -2.24. The van der Waals surface area contributed by atoms with E-state index in [0.717, 1.165) is 19.3 Å². The highest BCUT2D eigenvalue weighted by Gasteiger charge is 2.25. The van der Waals surface area contributed by atoms with Gasteiger partial charge in [0, 0.05) is 25.2 Å². The van der Waals surface area contributed by atoms with Crippen LogP contribution in [0, 0.1) is 5.92 Å². The highest BCUT2D eigenvalue weighted by Crippen LogP contribution is 2.27. The number of rotatable bonds is 2.